The Morgan fingerprint density at radius 3 is 2.59 bits per heavy atom. The molecule has 29 heavy (non-hydrogen) atoms. The number of thioether (sulfide) groups is 1. The Morgan fingerprint density at radius 2 is 1.90 bits per heavy atom. The average Bonchev–Trinajstić information content (AvgIpc) is 3.11. The number of rotatable bonds is 9. The molecule has 1 amide bonds. The molecule has 0 aliphatic rings. The molecule has 0 saturated heterocycles. The van der Waals surface area contributed by atoms with Gasteiger partial charge in [-0.3, -0.25) is 4.79 Å². The molecule has 5 heteroatoms. The molecule has 0 saturated carbocycles. The monoisotopic (exact) mass is 410 g/mol. The van der Waals surface area contributed by atoms with Gasteiger partial charge in [0.25, 0.3) is 0 Å². The van der Waals surface area contributed by atoms with Gasteiger partial charge in [0.2, 0.25) is 5.91 Å². The lowest BCUT2D eigenvalue weighted by molar-refractivity contribution is -0.121. The number of aliphatic hydroxyl groups is 1. The van der Waals surface area contributed by atoms with Gasteiger partial charge in [-0.15, -0.1) is 11.8 Å². The van der Waals surface area contributed by atoms with Crippen LogP contribution in [-0.2, 0) is 11.2 Å². The number of aliphatic hydroxyl groups excluding tert-OH is 1. The van der Waals surface area contributed by atoms with Crippen LogP contribution >= 0.6 is 11.8 Å². The molecule has 0 radical (unpaired) electrons. The van der Waals surface area contributed by atoms with Crippen LogP contribution in [0.2, 0.25) is 0 Å². The molecule has 0 fully saturated rings. The van der Waals surface area contributed by atoms with Crippen LogP contribution < -0.4 is 5.32 Å². The fraction of sp³-hybridized carbons (Fsp3) is 0.375. The van der Waals surface area contributed by atoms with E-state index in [2.05, 4.69) is 43.2 Å². The minimum Gasteiger partial charge on any atom is -0.394 e. The highest BCUT2D eigenvalue weighted by Gasteiger charge is 2.25. The Hall–Kier alpha value is -2.24. The third-order valence-corrected chi connectivity index (χ3v) is 6.28. The van der Waals surface area contributed by atoms with Crippen molar-refractivity contribution in [1.29, 1.82) is 0 Å². The summed E-state index contributed by atoms with van der Waals surface area (Å²) < 4.78 is 0. The zero-order valence-corrected chi connectivity index (χ0v) is 18.1. The maximum atomic E-state index is 13.1. The number of benzene rings is 2. The lowest BCUT2D eigenvalue weighted by Gasteiger charge is -2.22. The number of carbonyl (C=O) groups is 1. The molecule has 1 aromatic heterocycles. The maximum absolute atomic E-state index is 13.1. The van der Waals surface area contributed by atoms with E-state index in [1.165, 1.54) is 10.9 Å². The van der Waals surface area contributed by atoms with E-state index in [1.54, 1.807) is 11.8 Å². The second kappa shape index (κ2) is 9.99. The normalized spacial score (nSPS) is 13.6. The summed E-state index contributed by atoms with van der Waals surface area (Å²) in [6.07, 6.45) is 3.39. The van der Waals surface area contributed by atoms with Crippen LogP contribution in [0.5, 0.6) is 0 Å². The van der Waals surface area contributed by atoms with Gasteiger partial charge in [-0.2, -0.15) is 0 Å². The van der Waals surface area contributed by atoms with E-state index in [0.717, 1.165) is 22.4 Å². The number of amides is 1. The second-order valence-corrected chi connectivity index (χ2v) is 9.21. The molecular weight excluding hydrogens is 380 g/mol. The van der Waals surface area contributed by atoms with Gasteiger partial charge < -0.3 is 15.4 Å². The van der Waals surface area contributed by atoms with Crippen molar-refractivity contribution in [3.63, 3.8) is 0 Å². The van der Waals surface area contributed by atoms with Gasteiger partial charge in [0.05, 0.1) is 17.9 Å². The molecule has 4 nitrogen and oxygen atoms in total. The van der Waals surface area contributed by atoms with Gasteiger partial charge >= 0.3 is 0 Å². The molecule has 154 valence electrons. The van der Waals surface area contributed by atoms with E-state index >= 15 is 0 Å². The van der Waals surface area contributed by atoms with Gasteiger partial charge in [0.15, 0.2) is 0 Å². The Bertz CT molecular complexity index is 936. The van der Waals surface area contributed by atoms with E-state index in [-0.39, 0.29) is 23.8 Å². The third-order valence-electron chi connectivity index (χ3n) is 5.02. The predicted molar refractivity (Wildman–Crippen MR) is 121 cm³/mol. The van der Waals surface area contributed by atoms with Crippen molar-refractivity contribution < 1.29 is 9.90 Å². The van der Waals surface area contributed by atoms with Crippen molar-refractivity contribution >= 4 is 28.6 Å². The van der Waals surface area contributed by atoms with Crippen LogP contribution in [0.1, 0.15) is 31.4 Å². The van der Waals surface area contributed by atoms with E-state index < -0.39 is 0 Å². The number of carbonyl (C=O) groups excluding carboxylic acids is 1. The van der Waals surface area contributed by atoms with Crippen LogP contribution in [0.3, 0.4) is 0 Å². The first-order valence-electron chi connectivity index (χ1n) is 10.2. The molecular formula is C24H30N2O2S. The average molecular weight is 411 g/mol. The lowest BCUT2D eigenvalue weighted by Crippen LogP contribution is -2.43. The first-order valence-corrected chi connectivity index (χ1v) is 11.0. The summed E-state index contributed by atoms with van der Waals surface area (Å²) in [6.45, 7) is 6.29. The molecule has 2 aromatic carbocycles. The molecule has 3 N–H and O–H groups in total. The predicted octanol–water partition coefficient (Wildman–Crippen LogP) is 4.70. The highest BCUT2D eigenvalue weighted by Crippen LogP contribution is 2.35. The molecule has 0 spiro atoms. The molecule has 0 bridgehead atoms. The van der Waals surface area contributed by atoms with E-state index in [4.69, 9.17) is 0 Å². The number of hydrogen-bond acceptors (Lipinski definition) is 3. The van der Waals surface area contributed by atoms with Gasteiger partial charge in [-0.1, -0.05) is 56.3 Å². The standard InChI is InChI=1S/C24H30N2O2S/c1-16(2)12-21(29-22-14-25-20-11-7-8-17(3)23(20)22)24(28)26-19(15-27)13-18-9-5-4-6-10-18/h4-11,14,16,19,21,25,27H,12-13,15H2,1-3H3,(H,26,28)/t19-,21?/m0/s1. The highest BCUT2D eigenvalue weighted by molar-refractivity contribution is 8.00. The van der Waals surface area contributed by atoms with Crippen molar-refractivity contribution in [3.05, 3.63) is 65.9 Å². The number of hydrogen-bond donors (Lipinski definition) is 3. The highest BCUT2D eigenvalue weighted by atomic mass is 32.2. The maximum Gasteiger partial charge on any atom is 0.233 e. The summed E-state index contributed by atoms with van der Waals surface area (Å²) in [5, 5.41) is 13.9. The molecule has 1 heterocycles. The summed E-state index contributed by atoms with van der Waals surface area (Å²) in [4.78, 5) is 17.6. The first kappa shape index (κ1) is 21.5. The quantitative estimate of drug-likeness (QED) is 0.448. The first-order chi connectivity index (χ1) is 14.0. The van der Waals surface area contributed by atoms with Crippen molar-refractivity contribution in [2.45, 2.75) is 49.8 Å². The fourth-order valence-electron chi connectivity index (χ4n) is 3.57. The van der Waals surface area contributed by atoms with Gasteiger partial charge in [0, 0.05) is 22.0 Å². The number of H-pyrrole nitrogens is 1. The smallest absolute Gasteiger partial charge is 0.233 e. The van der Waals surface area contributed by atoms with Gasteiger partial charge in [-0.05, 0) is 42.9 Å². The Balaban J connectivity index is 1.75. The molecule has 2 atom stereocenters. The minimum absolute atomic E-state index is 0.0124. The Morgan fingerprint density at radius 1 is 1.14 bits per heavy atom. The largest absolute Gasteiger partial charge is 0.394 e. The van der Waals surface area contributed by atoms with Crippen molar-refractivity contribution in [1.82, 2.24) is 10.3 Å². The van der Waals surface area contributed by atoms with Crippen molar-refractivity contribution in [2.75, 3.05) is 6.61 Å². The number of aromatic amines is 1. The van der Waals surface area contributed by atoms with Gasteiger partial charge in [0.1, 0.15) is 0 Å². The third kappa shape index (κ3) is 5.64. The summed E-state index contributed by atoms with van der Waals surface area (Å²) in [5.41, 5.74) is 3.40. The van der Waals surface area contributed by atoms with Crippen LogP contribution in [0.4, 0.5) is 0 Å². The molecule has 3 rings (SSSR count). The summed E-state index contributed by atoms with van der Waals surface area (Å²) in [5.74, 6) is 0.382. The second-order valence-electron chi connectivity index (χ2n) is 7.96. The van der Waals surface area contributed by atoms with Crippen LogP contribution in [0.15, 0.2) is 59.6 Å². The minimum atomic E-state index is -0.287. The molecule has 0 aliphatic carbocycles. The molecule has 1 unspecified atom stereocenters. The Kier molecular flexibility index (Phi) is 7.40. The van der Waals surface area contributed by atoms with Crippen molar-refractivity contribution in [2.24, 2.45) is 5.92 Å². The summed E-state index contributed by atoms with van der Waals surface area (Å²) in [6, 6.07) is 15.9. The number of aryl methyl sites for hydroxylation is 1. The fourth-order valence-corrected chi connectivity index (χ4v) is 5.05. The van der Waals surface area contributed by atoms with Crippen LogP contribution in [-0.4, -0.2) is 33.9 Å². The summed E-state index contributed by atoms with van der Waals surface area (Å²) >= 11 is 1.61. The van der Waals surface area contributed by atoms with E-state index in [9.17, 15) is 9.90 Å². The zero-order valence-electron chi connectivity index (χ0n) is 17.3. The zero-order chi connectivity index (χ0) is 20.8. The van der Waals surface area contributed by atoms with Crippen molar-refractivity contribution in [3.8, 4) is 0 Å². The SMILES string of the molecule is Cc1cccc2[nH]cc(SC(CC(C)C)C(=O)N[C@H](CO)Cc3ccccc3)c12. The number of aromatic nitrogens is 1. The molecule has 0 aliphatic heterocycles. The Labute approximate surface area is 177 Å². The van der Waals surface area contributed by atoms with Crippen LogP contribution in [0, 0.1) is 12.8 Å². The van der Waals surface area contributed by atoms with Crippen LogP contribution in [0.25, 0.3) is 10.9 Å². The van der Waals surface area contributed by atoms with Gasteiger partial charge in [-0.25, -0.2) is 0 Å². The lowest BCUT2D eigenvalue weighted by atomic mass is 10.0. The number of nitrogens with one attached hydrogen (secondary N) is 2. The number of fused-ring (bicyclic) bond motifs is 1. The summed E-state index contributed by atoms with van der Waals surface area (Å²) in [7, 11) is 0. The molecule has 3 aromatic rings. The topological polar surface area (TPSA) is 65.1 Å². The van der Waals surface area contributed by atoms with E-state index in [0.29, 0.717) is 12.3 Å². The van der Waals surface area contributed by atoms with E-state index in [1.807, 2.05) is 42.6 Å².